The summed E-state index contributed by atoms with van der Waals surface area (Å²) >= 11 is 0. The van der Waals surface area contributed by atoms with Crippen molar-refractivity contribution in [3.8, 4) is 0 Å². The van der Waals surface area contributed by atoms with Crippen molar-refractivity contribution in [3.05, 3.63) is 0 Å². The molecule has 14 heavy (non-hydrogen) atoms. The first kappa shape index (κ1) is 12.0. The minimum atomic E-state index is 0.545. The number of nitrogens with one attached hydrogen (secondary N) is 1. The van der Waals surface area contributed by atoms with Crippen LogP contribution in [0.2, 0.25) is 0 Å². The van der Waals surface area contributed by atoms with E-state index in [1.165, 1.54) is 32.4 Å². The fraction of sp³-hybridized carbons (Fsp3) is 1.00. The van der Waals surface area contributed by atoms with Gasteiger partial charge in [-0.25, -0.2) is 0 Å². The number of hydrogen-bond donors (Lipinski definition) is 1. The largest absolute Gasteiger partial charge is 0.381 e. The minimum absolute atomic E-state index is 0.545. The Morgan fingerprint density at radius 2 is 1.86 bits per heavy atom. The van der Waals surface area contributed by atoms with Crippen LogP contribution in [0.3, 0.4) is 0 Å². The molecule has 0 bridgehead atoms. The van der Waals surface area contributed by atoms with Gasteiger partial charge in [-0.15, -0.1) is 0 Å². The first-order valence-corrected chi connectivity index (χ1v) is 6.09. The Morgan fingerprint density at radius 1 is 1.21 bits per heavy atom. The molecule has 1 N–H and O–H groups in total. The second kappa shape index (κ2) is 5.72. The molecule has 2 heterocycles. The molecule has 0 radical (unpaired) electrons. The predicted octanol–water partition coefficient (Wildman–Crippen LogP) is 2.44. The molecule has 2 fully saturated rings. The number of hydrogen-bond acceptors (Lipinski definition) is 2. The molecule has 0 aliphatic carbocycles. The lowest BCUT2D eigenvalue weighted by Crippen LogP contribution is -2.44. The Hall–Kier alpha value is -0.0800. The number of piperidine rings is 1. The normalized spacial score (nSPS) is 30.6. The molecule has 84 valence electrons. The Morgan fingerprint density at radius 3 is 2.43 bits per heavy atom. The van der Waals surface area contributed by atoms with E-state index in [0.717, 1.165) is 19.1 Å². The van der Waals surface area contributed by atoms with Crippen LogP contribution in [-0.4, -0.2) is 26.3 Å². The van der Waals surface area contributed by atoms with Gasteiger partial charge >= 0.3 is 0 Å². The van der Waals surface area contributed by atoms with Crippen LogP contribution in [0.5, 0.6) is 0 Å². The van der Waals surface area contributed by atoms with Gasteiger partial charge in [0.05, 0.1) is 6.61 Å². The quantitative estimate of drug-likeness (QED) is 0.647. The number of rotatable bonds is 0. The molecule has 2 saturated heterocycles. The van der Waals surface area contributed by atoms with E-state index >= 15 is 0 Å². The molecule has 1 unspecified atom stereocenters. The highest BCUT2D eigenvalue weighted by molar-refractivity contribution is 4.88. The zero-order chi connectivity index (χ0) is 10.4. The molecular weight excluding hydrogens is 174 g/mol. The smallest absolute Gasteiger partial charge is 0.0523 e. The van der Waals surface area contributed by atoms with Gasteiger partial charge < -0.3 is 10.1 Å². The molecule has 2 nitrogen and oxygen atoms in total. The molecule has 0 saturated carbocycles. The van der Waals surface area contributed by atoms with E-state index in [-0.39, 0.29) is 0 Å². The molecule has 1 atom stereocenters. The van der Waals surface area contributed by atoms with E-state index in [1.54, 1.807) is 0 Å². The van der Waals surface area contributed by atoms with Gasteiger partial charge in [-0.3, -0.25) is 0 Å². The van der Waals surface area contributed by atoms with Crippen molar-refractivity contribution in [2.24, 2.45) is 11.3 Å². The third kappa shape index (κ3) is 2.96. The molecule has 2 rings (SSSR count). The summed E-state index contributed by atoms with van der Waals surface area (Å²) in [5, 5.41) is 3.42. The monoisotopic (exact) mass is 199 g/mol. The first-order valence-electron chi connectivity index (χ1n) is 6.09. The Kier molecular flexibility index (Phi) is 4.90. The Labute approximate surface area is 88.4 Å². The van der Waals surface area contributed by atoms with Gasteiger partial charge in [0.15, 0.2) is 0 Å². The summed E-state index contributed by atoms with van der Waals surface area (Å²) in [7, 11) is 0. The standard InChI is InChI=1S/C10H19NO.C2H6/c1-9-6-10(8-12-7-9)2-4-11-5-3-10;1-2/h9,11H,2-8H2,1H3;1-2H3. The summed E-state index contributed by atoms with van der Waals surface area (Å²) in [6.07, 6.45) is 4.02. The zero-order valence-electron chi connectivity index (χ0n) is 9.94. The zero-order valence-corrected chi connectivity index (χ0v) is 9.94. The second-order valence-electron chi connectivity index (χ2n) is 4.57. The molecule has 0 aromatic rings. The predicted molar refractivity (Wildman–Crippen MR) is 60.5 cm³/mol. The summed E-state index contributed by atoms with van der Waals surface area (Å²) in [5.74, 6) is 0.775. The lowest BCUT2D eigenvalue weighted by Gasteiger charge is -2.42. The fourth-order valence-corrected chi connectivity index (χ4v) is 2.64. The summed E-state index contributed by atoms with van der Waals surface area (Å²) < 4.78 is 5.65. The Balaban J connectivity index is 0.000000461. The van der Waals surface area contributed by atoms with Crippen molar-refractivity contribution in [1.29, 1.82) is 0 Å². The van der Waals surface area contributed by atoms with Gasteiger partial charge in [0.1, 0.15) is 0 Å². The third-order valence-electron chi connectivity index (χ3n) is 3.26. The summed E-state index contributed by atoms with van der Waals surface area (Å²) in [6.45, 7) is 10.7. The van der Waals surface area contributed by atoms with Crippen molar-refractivity contribution < 1.29 is 4.74 Å². The summed E-state index contributed by atoms with van der Waals surface area (Å²) in [4.78, 5) is 0. The number of ether oxygens (including phenoxy) is 1. The average Bonchev–Trinajstić information content (AvgIpc) is 2.21. The van der Waals surface area contributed by atoms with Crippen LogP contribution in [0.15, 0.2) is 0 Å². The highest BCUT2D eigenvalue weighted by atomic mass is 16.5. The van der Waals surface area contributed by atoms with Crippen LogP contribution in [0.4, 0.5) is 0 Å². The molecule has 2 heteroatoms. The highest BCUT2D eigenvalue weighted by Crippen LogP contribution is 2.38. The SMILES string of the molecule is CC.CC1COCC2(CCNCC2)C1. The van der Waals surface area contributed by atoms with Crippen molar-refractivity contribution >= 4 is 0 Å². The van der Waals surface area contributed by atoms with Crippen molar-refractivity contribution in [3.63, 3.8) is 0 Å². The maximum atomic E-state index is 5.65. The molecule has 0 amide bonds. The fourth-order valence-electron chi connectivity index (χ4n) is 2.64. The molecule has 1 spiro atoms. The van der Waals surface area contributed by atoms with Crippen molar-refractivity contribution in [1.82, 2.24) is 5.32 Å². The van der Waals surface area contributed by atoms with E-state index in [1.807, 2.05) is 13.8 Å². The van der Waals surface area contributed by atoms with E-state index in [0.29, 0.717) is 5.41 Å². The lowest BCUT2D eigenvalue weighted by molar-refractivity contribution is -0.0516. The highest BCUT2D eigenvalue weighted by Gasteiger charge is 2.36. The van der Waals surface area contributed by atoms with E-state index in [9.17, 15) is 0 Å². The molecule has 2 aliphatic rings. The van der Waals surface area contributed by atoms with Crippen LogP contribution >= 0.6 is 0 Å². The lowest BCUT2D eigenvalue weighted by atomic mass is 9.72. The molecule has 2 aliphatic heterocycles. The maximum Gasteiger partial charge on any atom is 0.0523 e. The maximum absolute atomic E-state index is 5.65. The van der Waals surface area contributed by atoms with Gasteiger partial charge in [0.2, 0.25) is 0 Å². The van der Waals surface area contributed by atoms with Crippen LogP contribution in [-0.2, 0) is 4.74 Å². The van der Waals surface area contributed by atoms with Crippen LogP contribution < -0.4 is 5.32 Å². The first-order chi connectivity index (χ1) is 6.81. The van der Waals surface area contributed by atoms with Crippen molar-refractivity contribution in [2.45, 2.75) is 40.0 Å². The van der Waals surface area contributed by atoms with Crippen LogP contribution in [0.25, 0.3) is 0 Å². The van der Waals surface area contributed by atoms with E-state index in [4.69, 9.17) is 4.74 Å². The topological polar surface area (TPSA) is 21.3 Å². The minimum Gasteiger partial charge on any atom is -0.381 e. The van der Waals surface area contributed by atoms with Gasteiger partial charge in [0.25, 0.3) is 0 Å². The average molecular weight is 199 g/mol. The summed E-state index contributed by atoms with van der Waals surface area (Å²) in [6, 6.07) is 0. The second-order valence-corrected chi connectivity index (χ2v) is 4.57. The van der Waals surface area contributed by atoms with Crippen LogP contribution in [0, 0.1) is 11.3 Å². The molecule has 0 aromatic heterocycles. The Bertz CT molecular complexity index is 147. The van der Waals surface area contributed by atoms with Crippen molar-refractivity contribution in [2.75, 3.05) is 26.3 Å². The van der Waals surface area contributed by atoms with E-state index < -0.39 is 0 Å². The van der Waals surface area contributed by atoms with Gasteiger partial charge in [-0.2, -0.15) is 0 Å². The van der Waals surface area contributed by atoms with Gasteiger partial charge in [0, 0.05) is 6.61 Å². The van der Waals surface area contributed by atoms with E-state index in [2.05, 4.69) is 12.2 Å². The summed E-state index contributed by atoms with van der Waals surface area (Å²) in [5.41, 5.74) is 0.545. The van der Waals surface area contributed by atoms with Crippen LogP contribution in [0.1, 0.15) is 40.0 Å². The third-order valence-corrected chi connectivity index (χ3v) is 3.26. The molecule has 0 aromatic carbocycles. The molecular formula is C12H25NO. The van der Waals surface area contributed by atoms with Gasteiger partial charge in [-0.05, 0) is 43.7 Å². The van der Waals surface area contributed by atoms with Gasteiger partial charge in [-0.1, -0.05) is 20.8 Å².